The summed E-state index contributed by atoms with van der Waals surface area (Å²) in [6.45, 7) is 2.96. The fourth-order valence-corrected chi connectivity index (χ4v) is 0.700. The van der Waals surface area contributed by atoms with Gasteiger partial charge in [-0.1, -0.05) is 6.07 Å². The van der Waals surface area contributed by atoms with Crippen LogP contribution >= 0.6 is 0 Å². The van der Waals surface area contributed by atoms with E-state index in [0.717, 1.165) is 0 Å². The van der Waals surface area contributed by atoms with Crippen molar-refractivity contribution in [1.82, 2.24) is 4.98 Å². The van der Waals surface area contributed by atoms with Gasteiger partial charge in [-0.05, 0) is 13.0 Å². The highest BCUT2D eigenvalue weighted by Gasteiger charge is 2.03. The molecule has 3 heteroatoms. The Morgan fingerprint density at radius 3 is 2.64 bits per heavy atom. The van der Waals surface area contributed by atoms with Crippen molar-refractivity contribution in [1.29, 1.82) is 0 Å². The molecule has 0 bridgehead atoms. The Morgan fingerprint density at radius 1 is 1.55 bits per heavy atom. The molecule has 0 aliphatic carbocycles. The van der Waals surface area contributed by atoms with E-state index in [1.54, 1.807) is 13.0 Å². The summed E-state index contributed by atoms with van der Waals surface area (Å²) in [5.41, 5.74) is 0.628. The number of nitrogens with zero attached hydrogens (tertiary/aromatic N) is 1. The Morgan fingerprint density at radius 2 is 2.18 bits per heavy atom. The molecule has 0 atom stereocenters. The molecule has 0 amide bonds. The molecule has 58 valence electrons. The van der Waals surface area contributed by atoms with Gasteiger partial charge in [0.1, 0.15) is 5.69 Å². The Bertz CT molecular complexity index is 296. The van der Waals surface area contributed by atoms with Crippen molar-refractivity contribution >= 4 is 5.78 Å². The van der Waals surface area contributed by atoms with Crippen molar-refractivity contribution in [2.45, 2.75) is 13.8 Å². The first kappa shape index (κ1) is 7.85. The molecule has 0 saturated carbocycles. The van der Waals surface area contributed by atoms with Crippen LogP contribution in [0.15, 0.2) is 12.1 Å². The molecular formula is C8H8FNO. The van der Waals surface area contributed by atoms with Crippen LogP contribution in [-0.4, -0.2) is 10.8 Å². The van der Waals surface area contributed by atoms with Crippen molar-refractivity contribution in [3.63, 3.8) is 0 Å². The number of aryl methyl sites for hydroxylation is 1. The van der Waals surface area contributed by atoms with Gasteiger partial charge in [0.25, 0.3) is 0 Å². The Hall–Kier alpha value is -1.25. The van der Waals surface area contributed by atoms with Crippen LogP contribution in [0.5, 0.6) is 0 Å². The minimum Gasteiger partial charge on any atom is -0.293 e. The number of hydrogen-bond acceptors (Lipinski definition) is 2. The van der Waals surface area contributed by atoms with E-state index < -0.39 is 5.95 Å². The van der Waals surface area contributed by atoms with Crippen molar-refractivity contribution in [2.75, 3.05) is 0 Å². The van der Waals surface area contributed by atoms with E-state index >= 15 is 0 Å². The lowest BCUT2D eigenvalue weighted by atomic mass is 10.2. The number of carbonyl (C=O) groups is 1. The summed E-state index contributed by atoms with van der Waals surface area (Å²) in [6.07, 6.45) is 0. The van der Waals surface area contributed by atoms with Gasteiger partial charge in [-0.3, -0.25) is 4.79 Å². The summed E-state index contributed by atoms with van der Waals surface area (Å²) >= 11 is 0. The van der Waals surface area contributed by atoms with Crippen LogP contribution in [0.25, 0.3) is 0 Å². The quantitative estimate of drug-likeness (QED) is 0.454. The lowest BCUT2D eigenvalue weighted by Gasteiger charge is -1.96. The minimum atomic E-state index is -0.572. The number of halogens is 1. The van der Waals surface area contributed by atoms with Gasteiger partial charge in [0.15, 0.2) is 5.78 Å². The Kier molecular flexibility index (Phi) is 1.98. The lowest BCUT2D eigenvalue weighted by Crippen LogP contribution is -1.99. The first-order valence-corrected chi connectivity index (χ1v) is 3.25. The Balaban J connectivity index is 3.15. The maximum absolute atomic E-state index is 12.7. The highest BCUT2D eigenvalue weighted by atomic mass is 19.1. The predicted molar refractivity (Wildman–Crippen MR) is 38.9 cm³/mol. The topological polar surface area (TPSA) is 30.0 Å². The fourth-order valence-electron chi connectivity index (χ4n) is 0.700. The summed E-state index contributed by atoms with van der Waals surface area (Å²) in [7, 11) is 0. The molecule has 1 aromatic heterocycles. The van der Waals surface area contributed by atoms with Gasteiger partial charge in [-0.15, -0.1) is 0 Å². The number of hydrogen-bond donors (Lipinski definition) is 0. The van der Waals surface area contributed by atoms with E-state index in [1.807, 2.05) is 0 Å². The molecule has 1 rings (SSSR count). The van der Waals surface area contributed by atoms with Crippen molar-refractivity contribution in [3.8, 4) is 0 Å². The van der Waals surface area contributed by atoms with Crippen molar-refractivity contribution in [2.24, 2.45) is 0 Å². The van der Waals surface area contributed by atoms with Crippen LogP contribution in [0.1, 0.15) is 23.0 Å². The second-order valence-corrected chi connectivity index (χ2v) is 2.36. The van der Waals surface area contributed by atoms with Crippen LogP contribution in [0, 0.1) is 12.9 Å². The van der Waals surface area contributed by atoms with E-state index in [0.29, 0.717) is 5.56 Å². The monoisotopic (exact) mass is 153 g/mol. The normalized spacial score (nSPS) is 9.73. The van der Waals surface area contributed by atoms with Crippen molar-refractivity contribution < 1.29 is 9.18 Å². The number of Topliss-reactive ketones (excluding diaryl/α,β-unsaturated/α-hetero) is 1. The minimum absolute atomic E-state index is 0.174. The SMILES string of the molecule is CC(=O)c1ccc(C)c(F)n1. The third-order valence-electron chi connectivity index (χ3n) is 1.40. The second kappa shape index (κ2) is 2.78. The van der Waals surface area contributed by atoms with Gasteiger partial charge in [0.05, 0.1) is 0 Å². The molecule has 0 aliphatic heterocycles. The summed E-state index contributed by atoms with van der Waals surface area (Å²) in [5.74, 6) is -0.790. The average molecular weight is 153 g/mol. The van der Waals surface area contributed by atoms with Gasteiger partial charge >= 0.3 is 0 Å². The molecule has 0 saturated heterocycles. The van der Waals surface area contributed by atoms with Crippen LogP contribution in [0.2, 0.25) is 0 Å². The molecule has 1 heterocycles. The van der Waals surface area contributed by atoms with E-state index in [4.69, 9.17) is 0 Å². The molecule has 0 aliphatic rings. The molecule has 11 heavy (non-hydrogen) atoms. The van der Waals surface area contributed by atoms with Crippen LogP contribution in [0.3, 0.4) is 0 Å². The van der Waals surface area contributed by atoms with Crippen LogP contribution in [-0.2, 0) is 0 Å². The molecule has 0 radical (unpaired) electrons. The molecular weight excluding hydrogens is 145 g/mol. The fraction of sp³-hybridized carbons (Fsp3) is 0.250. The number of pyridine rings is 1. The average Bonchev–Trinajstić information content (AvgIpc) is 1.94. The number of ketones is 1. The Labute approximate surface area is 64.1 Å². The van der Waals surface area contributed by atoms with Gasteiger partial charge in [0.2, 0.25) is 5.95 Å². The first-order chi connectivity index (χ1) is 5.11. The van der Waals surface area contributed by atoms with Gasteiger partial charge < -0.3 is 0 Å². The van der Waals surface area contributed by atoms with Crippen LogP contribution in [0.4, 0.5) is 4.39 Å². The summed E-state index contributed by atoms with van der Waals surface area (Å²) < 4.78 is 12.7. The largest absolute Gasteiger partial charge is 0.293 e. The number of aromatic nitrogens is 1. The maximum atomic E-state index is 12.7. The molecule has 0 fully saturated rings. The molecule has 0 unspecified atom stereocenters. The highest BCUT2D eigenvalue weighted by Crippen LogP contribution is 2.04. The zero-order valence-corrected chi connectivity index (χ0v) is 6.39. The maximum Gasteiger partial charge on any atom is 0.216 e. The molecule has 0 N–H and O–H groups in total. The lowest BCUT2D eigenvalue weighted by molar-refractivity contribution is 0.101. The molecule has 2 nitrogen and oxygen atoms in total. The van der Waals surface area contributed by atoms with Gasteiger partial charge in [0, 0.05) is 12.5 Å². The van der Waals surface area contributed by atoms with E-state index in [-0.39, 0.29) is 11.5 Å². The molecule has 0 spiro atoms. The van der Waals surface area contributed by atoms with Gasteiger partial charge in [-0.2, -0.15) is 4.39 Å². The number of rotatable bonds is 1. The number of carbonyl (C=O) groups excluding carboxylic acids is 1. The third kappa shape index (κ3) is 1.61. The second-order valence-electron chi connectivity index (χ2n) is 2.36. The molecule has 0 aromatic carbocycles. The highest BCUT2D eigenvalue weighted by molar-refractivity contribution is 5.91. The van der Waals surface area contributed by atoms with Crippen LogP contribution < -0.4 is 0 Å². The van der Waals surface area contributed by atoms with Crippen molar-refractivity contribution in [3.05, 3.63) is 29.3 Å². The zero-order chi connectivity index (χ0) is 8.43. The smallest absolute Gasteiger partial charge is 0.216 e. The van der Waals surface area contributed by atoms with E-state index in [2.05, 4.69) is 4.98 Å². The predicted octanol–water partition coefficient (Wildman–Crippen LogP) is 1.73. The third-order valence-corrected chi connectivity index (χ3v) is 1.40. The summed E-state index contributed by atoms with van der Waals surface area (Å²) in [6, 6.07) is 3.06. The van der Waals surface area contributed by atoms with E-state index in [9.17, 15) is 9.18 Å². The standard InChI is InChI=1S/C8H8FNO/c1-5-3-4-7(6(2)11)10-8(5)9/h3-4H,1-2H3. The van der Waals surface area contributed by atoms with Gasteiger partial charge in [-0.25, -0.2) is 4.98 Å². The summed E-state index contributed by atoms with van der Waals surface area (Å²) in [4.78, 5) is 14.1. The van der Waals surface area contributed by atoms with E-state index in [1.165, 1.54) is 13.0 Å². The summed E-state index contributed by atoms with van der Waals surface area (Å²) in [5, 5.41) is 0. The zero-order valence-electron chi connectivity index (χ0n) is 6.39. The molecule has 1 aromatic rings. The first-order valence-electron chi connectivity index (χ1n) is 3.25.